The Balaban J connectivity index is 2.09. The first-order valence-electron chi connectivity index (χ1n) is 5.17. The third-order valence-electron chi connectivity index (χ3n) is 3.04. The second-order valence-corrected chi connectivity index (χ2v) is 4.06. The molecule has 2 unspecified atom stereocenters. The van der Waals surface area contributed by atoms with Crippen molar-refractivity contribution >= 4 is 0 Å². The van der Waals surface area contributed by atoms with Gasteiger partial charge in [-0.15, -0.1) is 0 Å². The molecular weight excluding hydrogens is 176 g/mol. The normalized spacial score (nSPS) is 26.7. The Kier molecular flexibility index (Phi) is 2.85. The van der Waals surface area contributed by atoms with E-state index < -0.39 is 0 Å². The lowest BCUT2D eigenvalue weighted by molar-refractivity contribution is 0.181. The molecule has 2 heteroatoms. The lowest BCUT2D eigenvalue weighted by atomic mass is 9.97. The van der Waals surface area contributed by atoms with Crippen LogP contribution in [0.3, 0.4) is 0 Å². The zero-order chi connectivity index (χ0) is 9.97. The lowest BCUT2D eigenvalue weighted by Gasteiger charge is -2.09. The molecule has 1 aliphatic carbocycles. The van der Waals surface area contributed by atoms with E-state index in [0.29, 0.717) is 5.92 Å². The van der Waals surface area contributed by atoms with E-state index in [1.807, 2.05) is 12.1 Å². The molecule has 1 fully saturated rings. The van der Waals surface area contributed by atoms with Crippen molar-refractivity contribution in [3.63, 3.8) is 0 Å². The van der Waals surface area contributed by atoms with Crippen LogP contribution in [0.15, 0.2) is 24.3 Å². The van der Waals surface area contributed by atoms with Gasteiger partial charge in [0, 0.05) is 0 Å². The van der Waals surface area contributed by atoms with Gasteiger partial charge in [0.25, 0.3) is 0 Å². The summed E-state index contributed by atoms with van der Waals surface area (Å²) < 4.78 is 0. The second-order valence-electron chi connectivity index (χ2n) is 4.06. The fraction of sp³-hybridized carbons (Fsp3) is 0.500. The first-order chi connectivity index (χ1) is 6.79. The van der Waals surface area contributed by atoms with E-state index in [1.165, 1.54) is 5.56 Å². The topological polar surface area (TPSA) is 40.5 Å². The Morgan fingerprint density at radius 3 is 2.36 bits per heavy atom. The highest BCUT2D eigenvalue weighted by Crippen LogP contribution is 2.34. The van der Waals surface area contributed by atoms with Crippen LogP contribution in [0.25, 0.3) is 0 Å². The summed E-state index contributed by atoms with van der Waals surface area (Å²) in [7, 11) is 0. The highest BCUT2D eigenvalue weighted by atomic mass is 16.3. The van der Waals surface area contributed by atoms with E-state index in [0.717, 1.165) is 24.8 Å². The van der Waals surface area contributed by atoms with Gasteiger partial charge >= 0.3 is 0 Å². The number of hydrogen-bond acceptors (Lipinski definition) is 2. The molecule has 2 nitrogen and oxygen atoms in total. The van der Waals surface area contributed by atoms with Crippen LogP contribution in [0, 0.1) is 0 Å². The van der Waals surface area contributed by atoms with Gasteiger partial charge in [0.2, 0.25) is 0 Å². The van der Waals surface area contributed by atoms with Gasteiger partial charge in [0.15, 0.2) is 0 Å². The van der Waals surface area contributed by atoms with Gasteiger partial charge in [-0.2, -0.15) is 0 Å². The van der Waals surface area contributed by atoms with Gasteiger partial charge in [0.1, 0.15) is 0 Å². The summed E-state index contributed by atoms with van der Waals surface area (Å²) in [4.78, 5) is 0. The van der Waals surface area contributed by atoms with E-state index in [4.69, 9.17) is 5.11 Å². The molecule has 2 N–H and O–H groups in total. The van der Waals surface area contributed by atoms with Crippen molar-refractivity contribution in [3.05, 3.63) is 35.4 Å². The third-order valence-corrected chi connectivity index (χ3v) is 3.04. The van der Waals surface area contributed by atoms with Crippen LogP contribution in [-0.4, -0.2) is 16.3 Å². The fourth-order valence-corrected chi connectivity index (χ4v) is 2.16. The molecule has 0 saturated heterocycles. The van der Waals surface area contributed by atoms with Gasteiger partial charge in [-0.3, -0.25) is 0 Å². The zero-order valence-corrected chi connectivity index (χ0v) is 8.19. The maximum atomic E-state index is 9.42. The number of aliphatic hydroxyl groups is 2. The lowest BCUT2D eigenvalue weighted by Crippen LogP contribution is -1.99. The summed E-state index contributed by atoms with van der Waals surface area (Å²) in [6.07, 6.45) is 2.78. The molecule has 0 radical (unpaired) electrons. The molecule has 0 aromatic heterocycles. The zero-order valence-electron chi connectivity index (χ0n) is 8.19. The van der Waals surface area contributed by atoms with Crippen LogP contribution >= 0.6 is 0 Å². The largest absolute Gasteiger partial charge is 0.393 e. The maximum absolute atomic E-state index is 9.42. The highest BCUT2D eigenvalue weighted by molar-refractivity contribution is 5.25. The minimum atomic E-state index is -0.113. The summed E-state index contributed by atoms with van der Waals surface area (Å²) in [6, 6.07) is 8.04. The van der Waals surface area contributed by atoms with Crippen molar-refractivity contribution in [2.75, 3.05) is 0 Å². The minimum absolute atomic E-state index is 0.105. The van der Waals surface area contributed by atoms with Crippen LogP contribution in [-0.2, 0) is 6.61 Å². The molecule has 2 rings (SSSR count). The molecule has 14 heavy (non-hydrogen) atoms. The number of benzene rings is 1. The van der Waals surface area contributed by atoms with Crippen molar-refractivity contribution in [3.8, 4) is 0 Å². The SMILES string of the molecule is OCc1ccc(C2CCC(O)C2)cc1. The van der Waals surface area contributed by atoms with Gasteiger partial charge in [-0.25, -0.2) is 0 Å². The Morgan fingerprint density at radius 1 is 1.14 bits per heavy atom. The molecule has 2 atom stereocenters. The smallest absolute Gasteiger partial charge is 0.0681 e. The molecule has 0 aliphatic heterocycles. The Morgan fingerprint density at radius 2 is 1.86 bits per heavy atom. The van der Waals surface area contributed by atoms with Crippen LogP contribution in [0.4, 0.5) is 0 Å². The predicted octanol–water partition coefficient (Wildman–Crippen LogP) is 1.81. The standard InChI is InChI=1S/C12H16O2/c13-8-9-1-3-10(4-2-9)11-5-6-12(14)7-11/h1-4,11-14H,5-8H2. The quantitative estimate of drug-likeness (QED) is 0.750. The van der Waals surface area contributed by atoms with Crippen molar-refractivity contribution in [1.82, 2.24) is 0 Å². The average Bonchev–Trinajstić information content (AvgIpc) is 2.65. The molecule has 1 aliphatic rings. The highest BCUT2D eigenvalue weighted by Gasteiger charge is 2.23. The first kappa shape index (κ1) is 9.69. The second kappa shape index (κ2) is 4.11. The Bertz CT molecular complexity index is 292. The number of aliphatic hydroxyl groups excluding tert-OH is 2. The van der Waals surface area contributed by atoms with Gasteiger partial charge in [0.05, 0.1) is 12.7 Å². The van der Waals surface area contributed by atoms with Crippen LogP contribution in [0.2, 0.25) is 0 Å². The maximum Gasteiger partial charge on any atom is 0.0681 e. The van der Waals surface area contributed by atoms with Crippen LogP contribution < -0.4 is 0 Å². The van der Waals surface area contributed by atoms with E-state index in [1.54, 1.807) is 0 Å². The van der Waals surface area contributed by atoms with Crippen LogP contribution in [0.5, 0.6) is 0 Å². The molecule has 1 saturated carbocycles. The Hall–Kier alpha value is -0.860. The molecule has 0 heterocycles. The summed E-state index contributed by atoms with van der Waals surface area (Å²) in [5, 5.41) is 18.3. The fourth-order valence-electron chi connectivity index (χ4n) is 2.16. The monoisotopic (exact) mass is 192 g/mol. The van der Waals surface area contributed by atoms with E-state index in [-0.39, 0.29) is 12.7 Å². The molecular formula is C12H16O2. The minimum Gasteiger partial charge on any atom is -0.393 e. The van der Waals surface area contributed by atoms with Crippen molar-refractivity contribution in [2.45, 2.75) is 37.9 Å². The molecule has 0 spiro atoms. The third kappa shape index (κ3) is 1.97. The van der Waals surface area contributed by atoms with Gasteiger partial charge in [-0.05, 0) is 36.3 Å². The first-order valence-corrected chi connectivity index (χ1v) is 5.17. The van der Waals surface area contributed by atoms with Crippen molar-refractivity contribution in [1.29, 1.82) is 0 Å². The molecule has 1 aromatic rings. The Labute approximate surface area is 84.2 Å². The number of rotatable bonds is 2. The summed E-state index contributed by atoms with van der Waals surface area (Å²) in [6.45, 7) is 0.105. The molecule has 0 amide bonds. The average molecular weight is 192 g/mol. The molecule has 76 valence electrons. The summed E-state index contributed by atoms with van der Waals surface area (Å²) >= 11 is 0. The number of hydrogen-bond donors (Lipinski definition) is 2. The summed E-state index contributed by atoms with van der Waals surface area (Å²) in [5.74, 6) is 0.512. The molecule has 1 aromatic carbocycles. The predicted molar refractivity (Wildman–Crippen MR) is 55.0 cm³/mol. The van der Waals surface area contributed by atoms with E-state index >= 15 is 0 Å². The van der Waals surface area contributed by atoms with Crippen molar-refractivity contribution in [2.24, 2.45) is 0 Å². The van der Waals surface area contributed by atoms with Crippen molar-refractivity contribution < 1.29 is 10.2 Å². The molecule has 0 bridgehead atoms. The van der Waals surface area contributed by atoms with Gasteiger partial charge in [-0.1, -0.05) is 24.3 Å². The van der Waals surface area contributed by atoms with Crippen LogP contribution in [0.1, 0.15) is 36.3 Å². The summed E-state index contributed by atoms with van der Waals surface area (Å²) in [5.41, 5.74) is 2.24. The van der Waals surface area contributed by atoms with E-state index in [9.17, 15) is 5.11 Å². The van der Waals surface area contributed by atoms with E-state index in [2.05, 4.69) is 12.1 Å². The van der Waals surface area contributed by atoms with Gasteiger partial charge < -0.3 is 10.2 Å².